The number of hydrogen-bond donors (Lipinski definition) is 0. The van der Waals surface area contributed by atoms with Gasteiger partial charge in [-0.3, -0.25) is 0 Å². The van der Waals surface area contributed by atoms with Crippen molar-refractivity contribution in [2.75, 3.05) is 0 Å². The summed E-state index contributed by atoms with van der Waals surface area (Å²) < 4.78 is 74.9. The summed E-state index contributed by atoms with van der Waals surface area (Å²) in [6, 6.07) is 0. The minimum absolute atomic E-state index is 0.261. The molecule has 8 heteroatoms. The Balaban J connectivity index is 3.55. The van der Waals surface area contributed by atoms with Gasteiger partial charge in [0.25, 0.3) is 6.43 Å². The van der Waals surface area contributed by atoms with E-state index in [2.05, 4.69) is 20.9 Å². The molecule has 1 rings (SSSR count). The summed E-state index contributed by atoms with van der Waals surface area (Å²) in [7, 11) is 0. The summed E-state index contributed by atoms with van der Waals surface area (Å²) in [5, 5.41) is -0.261. The van der Waals surface area contributed by atoms with E-state index in [1.54, 1.807) is 0 Å². The van der Waals surface area contributed by atoms with E-state index in [1.807, 2.05) is 0 Å². The zero-order valence-corrected chi connectivity index (χ0v) is 9.04. The number of hydrogen-bond acceptors (Lipinski definition) is 1. The first-order valence-electron chi connectivity index (χ1n) is 3.87. The molecule has 0 unspecified atom stereocenters. The number of pyridine rings is 1. The van der Waals surface area contributed by atoms with Gasteiger partial charge in [-0.25, -0.2) is 13.8 Å². The average molecular weight is 308 g/mol. The van der Waals surface area contributed by atoms with Gasteiger partial charge in [-0.1, -0.05) is 15.9 Å². The van der Waals surface area contributed by atoms with Crippen molar-refractivity contribution in [3.8, 4) is 0 Å². The van der Waals surface area contributed by atoms with E-state index < -0.39 is 29.7 Å². The zero-order chi connectivity index (χ0) is 12.5. The van der Waals surface area contributed by atoms with Gasteiger partial charge in [0, 0.05) is 17.1 Å². The third-order valence-corrected chi connectivity index (χ3v) is 2.41. The van der Waals surface area contributed by atoms with Crippen molar-refractivity contribution in [2.45, 2.75) is 17.9 Å². The summed E-state index contributed by atoms with van der Waals surface area (Å²) in [6.07, 6.45) is -7.95. The quantitative estimate of drug-likeness (QED) is 0.456. The van der Waals surface area contributed by atoms with Crippen LogP contribution in [0.1, 0.15) is 23.1 Å². The molecule has 0 spiro atoms. The van der Waals surface area contributed by atoms with Crippen LogP contribution in [0.25, 0.3) is 0 Å². The van der Waals surface area contributed by atoms with Gasteiger partial charge in [-0.05, 0) is 5.56 Å². The normalized spacial score (nSPS) is 12.2. The Bertz CT molecular complexity index is 389. The molecule has 1 aromatic rings. The summed E-state index contributed by atoms with van der Waals surface area (Å²) in [5.74, 6) is -1.94. The van der Waals surface area contributed by atoms with Crippen LogP contribution in [-0.4, -0.2) is 4.98 Å². The maximum atomic E-state index is 12.8. The molecule has 0 radical (unpaired) electrons. The number of nitrogens with zero attached hydrogens (tertiary/aromatic N) is 1. The molecule has 0 aliphatic rings. The number of alkyl halides is 6. The van der Waals surface area contributed by atoms with Gasteiger partial charge in [0.2, 0.25) is 5.95 Å². The minimum Gasteiger partial charge on any atom is -0.227 e. The van der Waals surface area contributed by atoms with Crippen LogP contribution in [0.4, 0.5) is 26.3 Å². The second kappa shape index (κ2) is 4.60. The molecule has 0 aliphatic heterocycles. The Labute approximate surface area is 94.6 Å². The highest BCUT2D eigenvalue weighted by molar-refractivity contribution is 9.08. The molecule has 90 valence electrons. The lowest BCUT2D eigenvalue weighted by Crippen LogP contribution is -2.15. The van der Waals surface area contributed by atoms with E-state index in [-0.39, 0.29) is 10.9 Å². The van der Waals surface area contributed by atoms with Gasteiger partial charge in [-0.15, -0.1) is 0 Å². The Morgan fingerprint density at radius 2 is 1.88 bits per heavy atom. The Morgan fingerprint density at radius 1 is 1.31 bits per heavy atom. The van der Waals surface area contributed by atoms with E-state index in [0.29, 0.717) is 6.20 Å². The highest BCUT2D eigenvalue weighted by Gasteiger charge is 2.41. The smallest absolute Gasteiger partial charge is 0.227 e. The predicted octanol–water partition coefficient (Wildman–Crippen LogP) is 4.07. The second-order valence-corrected chi connectivity index (χ2v) is 3.36. The van der Waals surface area contributed by atoms with Crippen LogP contribution in [0.15, 0.2) is 6.20 Å². The first-order valence-corrected chi connectivity index (χ1v) is 4.99. The summed E-state index contributed by atoms with van der Waals surface area (Å²) >= 11 is 2.74. The molecule has 0 saturated heterocycles. The lowest BCUT2D eigenvalue weighted by molar-refractivity contribution is -0.142. The molecular weight excluding hydrogens is 304 g/mol. The van der Waals surface area contributed by atoms with Crippen LogP contribution >= 0.6 is 15.9 Å². The van der Waals surface area contributed by atoms with E-state index in [1.165, 1.54) is 0 Å². The second-order valence-electron chi connectivity index (χ2n) is 2.80. The van der Waals surface area contributed by atoms with Crippen LogP contribution in [0, 0.1) is 5.95 Å². The lowest BCUT2D eigenvalue weighted by atomic mass is 10.1. The molecule has 0 aromatic carbocycles. The van der Waals surface area contributed by atoms with Gasteiger partial charge >= 0.3 is 6.18 Å². The fraction of sp³-hybridized carbons (Fsp3) is 0.375. The molecule has 1 aromatic heterocycles. The van der Waals surface area contributed by atoms with Crippen molar-refractivity contribution in [2.24, 2.45) is 0 Å². The van der Waals surface area contributed by atoms with E-state index >= 15 is 0 Å². The molecule has 0 bridgehead atoms. The van der Waals surface area contributed by atoms with Crippen LogP contribution in [0.2, 0.25) is 0 Å². The molecule has 0 atom stereocenters. The third-order valence-electron chi connectivity index (χ3n) is 1.80. The molecule has 16 heavy (non-hydrogen) atoms. The molecule has 1 nitrogen and oxygen atoms in total. The zero-order valence-electron chi connectivity index (χ0n) is 7.45. The first kappa shape index (κ1) is 13.3. The fourth-order valence-corrected chi connectivity index (χ4v) is 1.61. The monoisotopic (exact) mass is 307 g/mol. The maximum Gasteiger partial charge on any atom is 0.421 e. The highest BCUT2D eigenvalue weighted by atomic mass is 79.9. The summed E-state index contributed by atoms with van der Waals surface area (Å²) in [5.41, 5.74) is -3.75. The Hall–Kier alpha value is -0.790. The van der Waals surface area contributed by atoms with Gasteiger partial charge in [0.1, 0.15) is 5.56 Å². The number of halogens is 7. The fourth-order valence-electron chi connectivity index (χ4n) is 1.17. The van der Waals surface area contributed by atoms with Crippen molar-refractivity contribution in [3.05, 3.63) is 28.8 Å². The lowest BCUT2D eigenvalue weighted by Gasteiger charge is -2.15. The molecule has 0 saturated carbocycles. The minimum atomic E-state index is -5.19. The molecule has 1 heterocycles. The van der Waals surface area contributed by atoms with Crippen molar-refractivity contribution in [3.63, 3.8) is 0 Å². The highest BCUT2D eigenvalue weighted by Crippen LogP contribution is 2.39. The predicted molar refractivity (Wildman–Crippen MR) is 46.8 cm³/mol. The first-order chi connectivity index (χ1) is 7.29. The molecule has 0 N–H and O–H groups in total. The van der Waals surface area contributed by atoms with Crippen molar-refractivity contribution in [1.29, 1.82) is 0 Å². The third kappa shape index (κ3) is 2.47. The number of rotatable bonds is 2. The van der Waals surface area contributed by atoms with Crippen LogP contribution in [0.5, 0.6) is 0 Å². The van der Waals surface area contributed by atoms with Crippen LogP contribution < -0.4 is 0 Å². The SMILES string of the molecule is Fc1ncc(CBr)c(C(F)F)c1C(F)(F)F. The van der Waals surface area contributed by atoms with E-state index in [4.69, 9.17) is 0 Å². The van der Waals surface area contributed by atoms with Crippen molar-refractivity contribution >= 4 is 15.9 Å². The van der Waals surface area contributed by atoms with Crippen molar-refractivity contribution < 1.29 is 26.3 Å². The maximum absolute atomic E-state index is 12.8. The number of aromatic nitrogens is 1. The molecule has 0 amide bonds. The summed E-state index contributed by atoms with van der Waals surface area (Å²) in [4.78, 5) is 2.81. The molecule has 0 fully saturated rings. The average Bonchev–Trinajstić information content (AvgIpc) is 2.15. The molecule has 0 aliphatic carbocycles. The Kier molecular flexibility index (Phi) is 3.82. The summed E-state index contributed by atoms with van der Waals surface area (Å²) in [6.45, 7) is 0. The van der Waals surface area contributed by atoms with E-state index in [0.717, 1.165) is 0 Å². The standard InChI is InChI=1S/C8H4BrF6N/c9-1-3-2-16-7(12)5(8(13,14)15)4(3)6(10)11/h2,6H,1H2. The van der Waals surface area contributed by atoms with Gasteiger partial charge in [0.15, 0.2) is 0 Å². The van der Waals surface area contributed by atoms with Crippen LogP contribution in [-0.2, 0) is 11.5 Å². The Morgan fingerprint density at radius 3 is 2.25 bits per heavy atom. The topological polar surface area (TPSA) is 12.9 Å². The van der Waals surface area contributed by atoms with Crippen molar-refractivity contribution in [1.82, 2.24) is 4.98 Å². The molecular formula is C8H4BrF6N. The van der Waals surface area contributed by atoms with Crippen LogP contribution in [0.3, 0.4) is 0 Å². The van der Waals surface area contributed by atoms with E-state index in [9.17, 15) is 26.3 Å². The van der Waals surface area contributed by atoms with Gasteiger partial charge < -0.3 is 0 Å². The van der Waals surface area contributed by atoms with Gasteiger partial charge in [-0.2, -0.15) is 17.6 Å². The van der Waals surface area contributed by atoms with Gasteiger partial charge in [0.05, 0.1) is 0 Å². The largest absolute Gasteiger partial charge is 0.421 e.